The van der Waals surface area contributed by atoms with E-state index in [0.29, 0.717) is 17.4 Å². The third-order valence-electron chi connectivity index (χ3n) is 3.82. The summed E-state index contributed by atoms with van der Waals surface area (Å²) in [5.74, 6) is 0.197. The van der Waals surface area contributed by atoms with Crippen LogP contribution in [0, 0.1) is 13.8 Å². The van der Waals surface area contributed by atoms with Crippen molar-refractivity contribution < 1.29 is 9.59 Å². The molecule has 3 N–H and O–H groups in total. The molecule has 1 aromatic carbocycles. The Balaban J connectivity index is 2.01. The molecule has 0 aliphatic carbocycles. The number of anilines is 1. The molecule has 8 heteroatoms. The van der Waals surface area contributed by atoms with E-state index in [9.17, 15) is 9.59 Å². The predicted octanol–water partition coefficient (Wildman–Crippen LogP) is 1.97. The Kier molecular flexibility index (Phi) is 6.19. The average Bonchev–Trinajstić information content (AvgIpc) is 2.89. The number of nitrogens with one attached hydrogen (secondary N) is 1. The maximum absolute atomic E-state index is 12.5. The van der Waals surface area contributed by atoms with Gasteiger partial charge < -0.3 is 15.6 Å². The first-order valence-electron chi connectivity index (χ1n) is 7.99. The number of benzene rings is 1. The number of carbonyl (C=O) groups is 2. The lowest BCUT2D eigenvalue weighted by Gasteiger charge is -2.13. The number of nitrogens with zero attached hydrogens (tertiary/aromatic N) is 3. The van der Waals surface area contributed by atoms with Crippen LogP contribution in [0.3, 0.4) is 0 Å². The van der Waals surface area contributed by atoms with E-state index in [4.69, 9.17) is 5.73 Å². The highest BCUT2D eigenvalue weighted by molar-refractivity contribution is 8.00. The van der Waals surface area contributed by atoms with Crippen LogP contribution in [-0.4, -0.2) is 31.8 Å². The first-order chi connectivity index (χ1) is 11.8. The minimum absolute atomic E-state index is 0.0969. The number of thioether (sulfide) groups is 1. The van der Waals surface area contributed by atoms with Crippen molar-refractivity contribution in [3.8, 4) is 0 Å². The maximum Gasteiger partial charge on any atom is 0.237 e. The van der Waals surface area contributed by atoms with Crippen LogP contribution in [0.5, 0.6) is 0 Å². The van der Waals surface area contributed by atoms with Crippen molar-refractivity contribution in [2.24, 2.45) is 12.8 Å². The molecule has 0 saturated carbocycles. The lowest BCUT2D eigenvalue weighted by molar-refractivity contribution is -0.118. The highest BCUT2D eigenvalue weighted by Crippen LogP contribution is 2.24. The molecule has 0 bridgehead atoms. The van der Waals surface area contributed by atoms with E-state index in [-0.39, 0.29) is 23.5 Å². The van der Waals surface area contributed by atoms with Crippen molar-refractivity contribution in [1.29, 1.82) is 0 Å². The smallest absolute Gasteiger partial charge is 0.237 e. The van der Waals surface area contributed by atoms with Gasteiger partial charge in [0.2, 0.25) is 11.8 Å². The summed E-state index contributed by atoms with van der Waals surface area (Å²) in [5, 5.41) is 11.4. The van der Waals surface area contributed by atoms with Gasteiger partial charge >= 0.3 is 0 Å². The van der Waals surface area contributed by atoms with E-state index in [0.717, 1.165) is 16.8 Å². The highest BCUT2D eigenvalue weighted by Gasteiger charge is 2.19. The third kappa shape index (κ3) is 5.06. The Hall–Kier alpha value is -2.35. The van der Waals surface area contributed by atoms with E-state index >= 15 is 0 Å². The minimum Gasteiger partial charge on any atom is -0.370 e. The number of aryl methyl sites for hydroxylation is 3. The second-order valence-corrected chi connectivity index (χ2v) is 7.30. The predicted molar refractivity (Wildman–Crippen MR) is 98.4 cm³/mol. The SMILES string of the molecule is Cc1ccc(C)c(NC(=O)[C@H](C)Sc2nnc(CCC(N)=O)n2C)c1. The monoisotopic (exact) mass is 361 g/mol. The average molecular weight is 361 g/mol. The number of hydrogen-bond donors (Lipinski definition) is 2. The van der Waals surface area contributed by atoms with Crippen molar-refractivity contribution >= 4 is 29.3 Å². The fourth-order valence-electron chi connectivity index (χ4n) is 2.22. The van der Waals surface area contributed by atoms with E-state index < -0.39 is 0 Å². The number of rotatable bonds is 7. The number of hydrogen-bond acceptors (Lipinski definition) is 5. The number of nitrogens with two attached hydrogens (primary N) is 1. The maximum atomic E-state index is 12.5. The van der Waals surface area contributed by atoms with E-state index in [1.165, 1.54) is 11.8 Å². The van der Waals surface area contributed by atoms with Gasteiger partial charge in [0.15, 0.2) is 5.16 Å². The molecule has 2 aromatic rings. The quantitative estimate of drug-likeness (QED) is 0.734. The lowest BCUT2D eigenvalue weighted by atomic mass is 10.1. The zero-order valence-electron chi connectivity index (χ0n) is 14.9. The summed E-state index contributed by atoms with van der Waals surface area (Å²) < 4.78 is 1.79. The van der Waals surface area contributed by atoms with Gasteiger partial charge in [-0.25, -0.2) is 0 Å². The molecular weight excluding hydrogens is 338 g/mol. The van der Waals surface area contributed by atoms with Crippen LogP contribution in [0.4, 0.5) is 5.69 Å². The topological polar surface area (TPSA) is 103 Å². The summed E-state index contributed by atoms with van der Waals surface area (Å²) in [6.07, 6.45) is 0.655. The Morgan fingerprint density at radius 2 is 2.04 bits per heavy atom. The van der Waals surface area contributed by atoms with Gasteiger partial charge in [0, 0.05) is 25.6 Å². The van der Waals surface area contributed by atoms with Gasteiger partial charge in [0.1, 0.15) is 5.82 Å². The van der Waals surface area contributed by atoms with E-state index in [1.54, 1.807) is 4.57 Å². The Morgan fingerprint density at radius 3 is 2.72 bits per heavy atom. The first-order valence-corrected chi connectivity index (χ1v) is 8.87. The molecule has 0 spiro atoms. The standard InChI is InChI=1S/C17H23N5O2S/c1-10-5-6-11(2)13(9-10)19-16(24)12(3)25-17-21-20-15(22(17)4)8-7-14(18)23/h5-6,9,12H,7-8H2,1-4H3,(H2,18,23)(H,19,24)/t12-/m0/s1. The molecule has 1 heterocycles. The van der Waals surface area contributed by atoms with Gasteiger partial charge in [-0.15, -0.1) is 10.2 Å². The molecule has 7 nitrogen and oxygen atoms in total. The van der Waals surface area contributed by atoms with Crippen LogP contribution in [0.1, 0.15) is 30.3 Å². The molecule has 0 radical (unpaired) electrons. The van der Waals surface area contributed by atoms with Crippen LogP contribution in [0.25, 0.3) is 0 Å². The van der Waals surface area contributed by atoms with Crippen molar-refractivity contribution in [3.05, 3.63) is 35.2 Å². The third-order valence-corrected chi connectivity index (χ3v) is 4.96. The molecular formula is C17H23N5O2S. The van der Waals surface area contributed by atoms with Crippen LogP contribution in [-0.2, 0) is 23.1 Å². The van der Waals surface area contributed by atoms with Gasteiger partial charge in [0.25, 0.3) is 0 Å². The Morgan fingerprint density at radius 1 is 1.32 bits per heavy atom. The molecule has 134 valence electrons. The molecule has 25 heavy (non-hydrogen) atoms. The van der Waals surface area contributed by atoms with E-state index in [2.05, 4.69) is 15.5 Å². The van der Waals surface area contributed by atoms with Crippen molar-refractivity contribution in [2.75, 3.05) is 5.32 Å². The number of primary amides is 1. The summed E-state index contributed by atoms with van der Waals surface area (Å²) in [6.45, 7) is 5.77. The van der Waals surface area contributed by atoms with E-state index in [1.807, 2.05) is 46.0 Å². The molecule has 0 unspecified atom stereocenters. The Bertz CT molecular complexity index is 787. The zero-order valence-corrected chi connectivity index (χ0v) is 15.7. The normalized spacial score (nSPS) is 12.0. The molecule has 0 saturated heterocycles. The minimum atomic E-state index is -0.376. The number of carbonyl (C=O) groups excluding carboxylic acids is 2. The van der Waals surface area contributed by atoms with Crippen molar-refractivity contribution in [2.45, 2.75) is 44.0 Å². The second-order valence-electron chi connectivity index (χ2n) is 5.99. The second kappa shape index (κ2) is 8.15. The summed E-state index contributed by atoms with van der Waals surface area (Å²) >= 11 is 1.32. The first kappa shape index (κ1) is 19.0. The van der Waals surface area contributed by atoms with Crippen LogP contribution >= 0.6 is 11.8 Å². The summed E-state index contributed by atoms with van der Waals surface area (Å²) in [7, 11) is 1.81. The molecule has 2 rings (SSSR count). The van der Waals surface area contributed by atoms with Crippen LogP contribution < -0.4 is 11.1 Å². The fourth-order valence-corrected chi connectivity index (χ4v) is 3.05. The van der Waals surface area contributed by atoms with Crippen molar-refractivity contribution in [1.82, 2.24) is 14.8 Å². The van der Waals surface area contributed by atoms with Gasteiger partial charge in [-0.2, -0.15) is 0 Å². The summed E-state index contributed by atoms with van der Waals surface area (Å²) in [5.41, 5.74) is 8.08. The fraction of sp³-hybridized carbons (Fsp3) is 0.412. The van der Waals surface area contributed by atoms with Crippen LogP contribution in [0.2, 0.25) is 0 Å². The highest BCUT2D eigenvalue weighted by atomic mass is 32.2. The molecule has 1 atom stereocenters. The van der Waals surface area contributed by atoms with Gasteiger partial charge in [0.05, 0.1) is 5.25 Å². The Labute approximate surface area is 151 Å². The molecule has 0 aliphatic heterocycles. The number of amides is 2. The summed E-state index contributed by atoms with van der Waals surface area (Å²) in [6, 6.07) is 5.95. The molecule has 2 amide bonds. The van der Waals surface area contributed by atoms with Crippen molar-refractivity contribution in [3.63, 3.8) is 0 Å². The molecule has 0 aliphatic rings. The summed E-state index contributed by atoms with van der Waals surface area (Å²) in [4.78, 5) is 23.4. The van der Waals surface area contributed by atoms with Crippen LogP contribution in [0.15, 0.2) is 23.4 Å². The van der Waals surface area contributed by atoms with Gasteiger partial charge in [-0.1, -0.05) is 23.9 Å². The zero-order chi connectivity index (χ0) is 18.6. The van der Waals surface area contributed by atoms with Gasteiger partial charge in [-0.3, -0.25) is 9.59 Å². The molecule has 1 aromatic heterocycles. The largest absolute Gasteiger partial charge is 0.370 e. The van der Waals surface area contributed by atoms with Gasteiger partial charge in [-0.05, 0) is 38.0 Å². The lowest BCUT2D eigenvalue weighted by Crippen LogP contribution is -2.23. The number of aromatic nitrogens is 3. The molecule has 0 fully saturated rings.